The van der Waals surface area contributed by atoms with Crippen LogP contribution in [0.15, 0.2) is 30.3 Å². The first-order chi connectivity index (χ1) is 14.3. The van der Waals surface area contributed by atoms with Crippen molar-refractivity contribution in [2.75, 3.05) is 13.1 Å². The van der Waals surface area contributed by atoms with Gasteiger partial charge in [-0.05, 0) is 58.4 Å². The molecule has 0 radical (unpaired) electrons. The van der Waals surface area contributed by atoms with Gasteiger partial charge in [-0.3, -0.25) is 0 Å². The number of hydrogen-bond acceptors (Lipinski definition) is 5. The summed E-state index contributed by atoms with van der Waals surface area (Å²) in [5, 5.41) is 6.68. The Balaban J connectivity index is 1.32. The first-order valence-electron chi connectivity index (χ1n) is 11.0. The lowest BCUT2D eigenvalue weighted by molar-refractivity contribution is 0.0290. The molecule has 30 heavy (non-hydrogen) atoms. The molecule has 2 amide bonds. The average molecular weight is 418 g/mol. The van der Waals surface area contributed by atoms with Gasteiger partial charge < -0.3 is 25.0 Å². The predicted octanol–water partition coefficient (Wildman–Crippen LogP) is 3.82. The van der Waals surface area contributed by atoms with Gasteiger partial charge in [0.2, 0.25) is 0 Å². The van der Waals surface area contributed by atoms with Crippen LogP contribution in [0.5, 0.6) is 0 Å². The maximum atomic E-state index is 12.2. The maximum Gasteiger partial charge on any atom is 0.410 e. The third-order valence-electron chi connectivity index (χ3n) is 5.57. The summed E-state index contributed by atoms with van der Waals surface area (Å²) >= 11 is 0. The molecule has 0 spiro atoms. The number of benzene rings is 1. The fourth-order valence-electron chi connectivity index (χ4n) is 4.06. The van der Waals surface area contributed by atoms with Crippen LogP contribution in [-0.2, 0) is 16.1 Å². The zero-order chi connectivity index (χ0) is 21.6. The molecule has 1 aliphatic carbocycles. The van der Waals surface area contributed by atoms with Gasteiger partial charge >= 0.3 is 12.2 Å². The SMILES string of the molecule is CC(C)(C)OC(=O)N1CCC(NC2CCC(NC(=O)OCc3ccccc3)CC2)C1. The largest absolute Gasteiger partial charge is 0.445 e. The number of likely N-dealkylation sites (tertiary alicyclic amines) is 1. The van der Waals surface area contributed by atoms with E-state index >= 15 is 0 Å². The summed E-state index contributed by atoms with van der Waals surface area (Å²) in [5.41, 5.74) is 0.522. The molecule has 3 rings (SSSR count). The number of alkyl carbamates (subject to hydrolysis) is 1. The third kappa shape index (κ3) is 7.20. The summed E-state index contributed by atoms with van der Waals surface area (Å²) in [6.07, 6.45) is 4.25. The summed E-state index contributed by atoms with van der Waals surface area (Å²) in [4.78, 5) is 26.0. The molecular weight excluding hydrogens is 382 g/mol. The zero-order valence-corrected chi connectivity index (χ0v) is 18.4. The molecule has 7 heteroatoms. The number of nitrogens with one attached hydrogen (secondary N) is 2. The van der Waals surface area contributed by atoms with Crippen LogP contribution in [0, 0.1) is 0 Å². The summed E-state index contributed by atoms with van der Waals surface area (Å²) in [7, 11) is 0. The van der Waals surface area contributed by atoms with Crippen molar-refractivity contribution in [3.05, 3.63) is 35.9 Å². The van der Waals surface area contributed by atoms with Gasteiger partial charge in [0.25, 0.3) is 0 Å². The quantitative estimate of drug-likeness (QED) is 0.761. The Morgan fingerprint density at radius 3 is 2.33 bits per heavy atom. The van der Waals surface area contributed by atoms with Gasteiger partial charge in [-0.2, -0.15) is 0 Å². The highest BCUT2D eigenvalue weighted by Gasteiger charge is 2.32. The fraction of sp³-hybridized carbons (Fsp3) is 0.652. The Morgan fingerprint density at radius 1 is 1.00 bits per heavy atom. The van der Waals surface area contributed by atoms with Gasteiger partial charge in [0.15, 0.2) is 0 Å². The van der Waals surface area contributed by atoms with Crippen LogP contribution in [0.1, 0.15) is 58.4 Å². The second-order valence-corrected chi connectivity index (χ2v) is 9.33. The van der Waals surface area contributed by atoms with E-state index in [9.17, 15) is 9.59 Å². The van der Waals surface area contributed by atoms with Gasteiger partial charge in [0.1, 0.15) is 12.2 Å². The smallest absolute Gasteiger partial charge is 0.410 e. The number of ether oxygens (including phenoxy) is 2. The topological polar surface area (TPSA) is 79.9 Å². The molecule has 0 bridgehead atoms. The van der Waals surface area contributed by atoms with Crippen LogP contribution >= 0.6 is 0 Å². The predicted molar refractivity (Wildman–Crippen MR) is 115 cm³/mol. The summed E-state index contributed by atoms with van der Waals surface area (Å²) in [6, 6.07) is 10.6. The molecule has 7 nitrogen and oxygen atoms in total. The van der Waals surface area contributed by atoms with Crippen LogP contribution in [0.2, 0.25) is 0 Å². The number of rotatable bonds is 5. The number of hydrogen-bond donors (Lipinski definition) is 2. The first kappa shape index (κ1) is 22.4. The standard InChI is InChI=1S/C23H35N3O4/c1-23(2,3)30-22(28)26-14-13-20(15-26)24-18-9-11-19(12-10-18)25-21(27)29-16-17-7-5-4-6-8-17/h4-8,18-20,24H,9-16H2,1-3H3,(H,25,27). The van der Waals surface area contributed by atoms with Crippen LogP contribution < -0.4 is 10.6 Å². The van der Waals surface area contributed by atoms with Crippen molar-refractivity contribution in [1.82, 2.24) is 15.5 Å². The highest BCUT2D eigenvalue weighted by Crippen LogP contribution is 2.22. The Labute approximate surface area is 179 Å². The fourth-order valence-corrected chi connectivity index (χ4v) is 4.06. The third-order valence-corrected chi connectivity index (χ3v) is 5.57. The van der Waals surface area contributed by atoms with Crippen LogP contribution in [0.4, 0.5) is 9.59 Å². The Bertz CT molecular complexity index is 696. The van der Waals surface area contributed by atoms with E-state index in [-0.39, 0.29) is 18.2 Å². The highest BCUT2D eigenvalue weighted by atomic mass is 16.6. The molecule has 1 aromatic rings. The molecule has 2 N–H and O–H groups in total. The second kappa shape index (κ2) is 10.2. The molecule has 1 saturated heterocycles. The lowest BCUT2D eigenvalue weighted by atomic mass is 9.90. The lowest BCUT2D eigenvalue weighted by Gasteiger charge is -2.31. The molecule has 1 saturated carbocycles. The molecule has 1 heterocycles. The molecule has 2 fully saturated rings. The molecule has 0 aromatic heterocycles. The molecule has 166 valence electrons. The van der Waals surface area contributed by atoms with Crippen molar-refractivity contribution in [1.29, 1.82) is 0 Å². The van der Waals surface area contributed by atoms with Crippen LogP contribution in [0.25, 0.3) is 0 Å². The van der Waals surface area contributed by atoms with Crippen molar-refractivity contribution in [3.8, 4) is 0 Å². The molecule has 1 unspecified atom stereocenters. The van der Waals surface area contributed by atoms with Gasteiger partial charge in [0, 0.05) is 31.2 Å². The van der Waals surface area contributed by atoms with E-state index in [1.807, 2.05) is 51.1 Å². The normalized spacial score (nSPS) is 24.4. The highest BCUT2D eigenvalue weighted by molar-refractivity contribution is 5.68. The molecule has 1 aliphatic heterocycles. The van der Waals surface area contributed by atoms with E-state index in [1.54, 1.807) is 4.90 Å². The van der Waals surface area contributed by atoms with E-state index in [1.165, 1.54) is 0 Å². The monoisotopic (exact) mass is 417 g/mol. The maximum absolute atomic E-state index is 12.2. The number of nitrogens with zero attached hydrogens (tertiary/aromatic N) is 1. The van der Waals surface area contributed by atoms with Crippen molar-refractivity contribution in [2.45, 2.75) is 83.2 Å². The number of carbonyl (C=O) groups is 2. The minimum atomic E-state index is -0.462. The minimum absolute atomic E-state index is 0.160. The van der Waals surface area contributed by atoms with Gasteiger partial charge in [-0.25, -0.2) is 9.59 Å². The van der Waals surface area contributed by atoms with Gasteiger partial charge in [-0.15, -0.1) is 0 Å². The van der Waals surface area contributed by atoms with Crippen molar-refractivity contribution < 1.29 is 19.1 Å². The molecule has 1 atom stereocenters. The summed E-state index contributed by atoms with van der Waals surface area (Å²) in [5.74, 6) is 0. The Kier molecular flexibility index (Phi) is 7.58. The zero-order valence-electron chi connectivity index (χ0n) is 18.4. The summed E-state index contributed by atoms with van der Waals surface area (Å²) in [6.45, 7) is 7.39. The van der Waals surface area contributed by atoms with Crippen LogP contribution in [0.3, 0.4) is 0 Å². The number of carbonyl (C=O) groups excluding carboxylic acids is 2. The first-order valence-corrected chi connectivity index (χ1v) is 11.0. The second-order valence-electron chi connectivity index (χ2n) is 9.33. The van der Waals surface area contributed by atoms with E-state index in [0.717, 1.165) is 44.2 Å². The van der Waals surface area contributed by atoms with Crippen molar-refractivity contribution in [2.24, 2.45) is 0 Å². The Morgan fingerprint density at radius 2 is 1.67 bits per heavy atom. The molecular formula is C23H35N3O4. The van der Waals surface area contributed by atoms with Crippen LogP contribution in [-0.4, -0.2) is 53.9 Å². The van der Waals surface area contributed by atoms with E-state index in [0.29, 0.717) is 25.2 Å². The van der Waals surface area contributed by atoms with Gasteiger partial charge in [0.05, 0.1) is 0 Å². The average Bonchev–Trinajstić information content (AvgIpc) is 3.16. The minimum Gasteiger partial charge on any atom is -0.445 e. The summed E-state index contributed by atoms with van der Waals surface area (Å²) < 4.78 is 10.8. The van der Waals surface area contributed by atoms with Crippen molar-refractivity contribution in [3.63, 3.8) is 0 Å². The van der Waals surface area contributed by atoms with Crippen molar-refractivity contribution >= 4 is 12.2 Å². The lowest BCUT2D eigenvalue weighted by Crippen LogP contribution is -2.46. The van der Waals surface area contributed by atoms with E-state index in [4.69, 9.17) is 9.47 Å². The molecule has 2 aliphatic rings. The molecule has 1 aromatic carbocycles. The Hall–Kier alpha value is -2.28. The van der Waals surface area contributed by atoms with Gasteiger partial charge in [-0.1, -0.05) is 30.3 Å². The van der Waals surface area contributed by atoms with E-state index < -0.39 is 5.60 Å². The number of amides is 2. The van der Waals surface area contributed by atoms with E-state index in [2.05, 4.69) is 10.6 Å².